The predicted octanol–water partition coefficient (Wildman–Crippen LogP) is 4.04. The highest BCUT2D eigenvalue weighted by molar-refractivity contribution is 7.94. The molecule has 0 aliphatic carbocycles. The van der Waals surface area contributed by atoms with Gasteiger partial charge in [0.25, 0.3) is 5.91 Å². The first kappa shape index (κ1) is 20.6. The minimum absolute atomic E-state index is 0.149. The van der Waals surface area contributed by atoms with Crippen LogP contribution in [-0.2, 0) is 14.8 Å². The maximum absolute atomic E-state index is 12.9. The van der Waals surface area contributed by atoms with E-state index in [1.807, 2.05) is 18.2 Å². The van der Waals surface area contributed by atoms with Gasteiger partial charge in [-0.2, -0.15) is 0 Å². The lowest BCUT2D eigenvalue weighted by molar-refractivity contribution is -0.119. The molecule has 8 heteroatoms. The van der Waals surface area contributed by atoms with Gasteiger partial charge in [0, 0.05) is 5.56 Å². The molecule has 3 aromatic carbocycles. The number of carbonyl (C=O) groups excluding carboxylic acids is 2. The molecule has 3 aromatic rings. The smallest absolute Gasteiger partial charge is 0.255 e. The van der Waals surface area contributed by atoms with E-state index in [1.165, 1.54) is 12.1 Å². The standard InChI is InChI=1S/C23H20N2O5S/c1-16-15-31(28,29)25(23(16)27)18-9-7-8-17(14-18)22(26)24-20-12-5-6-13-21(20)30-19-10-3-2-4-11-19/h2-14,16H,15H2,1H3,(H,24,26). The average molecular weight is 436 g/mol. The molecule has 0 bridgehead atoms. The Bertz CT molecular complexity index is 1240. The predicted molar refractivity (Wildman–Crippen MR) is 118 cm³/mol. The zero-order chi connectivity index (χ0) is 22.0. The summed E-state index contributed by atoms with van der Waals surface area (Å²) in [5, 5.41) is 2.79. The van der Waals surface area contributed by atoms with Gasteiger partial charge in [0.15, 0.2) is 5.75 Å². The van der Waals surface area contributed by atoms with E-state index in [2.05, 4.69) is 5.32 Å². The molecular weight excluding hydrogens is 416 g/mol. The van der Waals surface area contributed by atoms with Crippen molar-refractivity contribution in [2.75, 3.05) is 15.4 Å². The van der Waals surface area contributed by atoms with E-state index in [4.69, 9.17) is 4.74 Å². The largest absolute Gasteiger partial charge is 0.455 e. The lowest BCUT2D eigenvalue weighted by atomic mass is 10.1. The second-order valence-electron chi connectivity index (χ2n) is 7.20. The highest BCUT2D eigenvalue weighted by atomic mass is 32.2. The van der Waals surface area contributed by atoms with Gasteiger partial charge in [-0.25, -0.2) is 12.7 Å². The summed E-state index contributed by atoms with van der Waals surface area (Å²) in [7, 11) is -3.75. The molecule has 158 valence electrons. The van der Waals surface area contributed by atoms with Crippen molar-refractivity contribution in [2.24, 2.45) is 5.92 Å². The number of amides is 2. The van der Waals surface area contributed by atoms with Crippen LogP contribution >= 0.6 is 0 Å². The first-order valence-corrected chi connectivity index (χ1v) is 11.3. The summed E-state index contributed by atoms with van der Waals surface area (Å²) >= 11 is 0. The fourth-order valence-electron chi connectivity index (χ4n) is 3.33. The van der Waals surface area contributed by atoms with Gasteiger partial charge in [0.2, 0.25) is 15.9 Å². The third-order valence-electron chi connectivity index (χ3n) is 4.81. The molecule has 1 aliphatic heterocycles. The summed E-state index contributed by atoms with van der Waals surface area (Å²) in [6, 6.07) is 22.1. The number of nitrogens with one attached hydrogen (secondary N) is 1. The number of para-hydroxylation sites is 3. The Hall–Kier alpha value is -3.65. The Kier molecular flexibility index (Phi) is 5.48. The van der Waals surface area contributed by atoms with Crippen LogP contribution in [0.5, 0.6) is 11.5 Å². The minimum Gasteiger partial charge on any atom is -0.455 e. The quantitative estimate of drug-likeness (QED) is 0.652. The molecule has 1 heterocycles. The van der Waals surface area contributed by atoms with E-state index in [9.17, 15) is 18.0 Å². The molecule has 1 saturated heterocycles. The third-order valence-corrected chi connectivity index (χ3v) is 6.68. The van der Waals surface area contributed by atoms with E-state index >= 15 is 0 Å². The Balaban J connectivity index is 1.58. The molecule has 0 saturated carbocycles. The van der Waals surface area contributed by atoms with Crippen molar-refractivity contribution in [3.63, 3.8) is 0 Å². The number of sulfonamides is 1. The molecule has 1 N–H and O–H groups in total. The highest BCUT2D eigenvalue weighted by Crippen LogP contribution is 2.31. The van der Waals surface area contributed by atoms with Crippen LogP contribution < -0.4 is 14.4 Å². The SMILES string of the molecule is CC1CS(=O)(=O)N(c2cccc(C(=O)Nc3ccccc3Oc3ccccc3)c2)C1=O. The van der Waals surface area contributed by atoms with Crippen LogP contribution in [0.1, 0.15) is 17.3 Å². The Morgan fingerprint density at radius 2 is 1.71 bits per heavy atom. The first-order chi connectivity index (χ1) is 14.8. The fraction of sp³-hybridized carbons (Fsp3) is 0.130. The summed E-state index contributed by atoms with van der Waals surface area (Å²) in [6.07, 6.45) is 0. The number of hydrogen-bond donors (Lipinski definition) is 1. The maximum Gasteiger partial charge on any atom is 0.255 e. The topological polar surface area (TPSA) is 92.8 Å². The van der Waals surface area contributed by atoms with Crippen LogP contribution in [0.3, 0.4) is 0 Å². The van der Waals surface area contributed by atoms with Gasteiger partial charge in [-0.05, 0) is 42.5 Å². The van der Waals surface area contributed by atoms with Crippen molar-refractivity contribution in [3.8, 4) is 11.5 Å². The van der Waals surface area contributed by atoms with Crippen LogP contribution in [0.25, 0.3) is 0 Å². The van der Waals surface area contributed by atoms with E-state index in [1.54, 1.807) is 55.5 Å². The van der Waals surface area contributed by atoms with Crippen LogP contribution in [-0.4, -0.2) is 26.0 Å². The normalized spacial score (nSPS) is 17.4. The second kappa shape index (κ2) is 8.23. The third kappa shape index (κ3) is 4.29. The van der Waals surface area contributed by atoms with Crippen molar-refractivity contribution in [1.82, 2.24) is 0 Å². The van der Waals surface area contributed by atoms with Crippen LogP contribution in [0.2, 0.25) is 0 Å². The highest BCUT2D eigenvalue weighted by Gasteiger charge is 2.42. The van der Waals surface area contributed by atoms with Crippen molar-refractivity contribution in [3.05, 3.63) is 84.4 Å². The summed E-state index contributed by atoms with van der Waals surface area (Å²) in [5.41, 5.74) is 0.825. The summed E-state index contributed by atoms with van der Waals surface area (Å²) in [5.74, 6) is -0.735. The fourth-order valence-corrected chi connectivity index (χ4v) is 5.14. The van der Waals surface area contributed by atoms with E-state index < -0.39 is 27.8 Å². The molecule has 7 nitrogen and oxygen atoms in total. The molecule has 0 radical (unpaired) electrons. The molecule has 1 unspecified atom stereocenters. The van der Waals surface area contributed by atoms with E-state index in [-0.39, 0.29) is 17.0 Å². The summed E-state index contributed by atoms with van der Waals surface area (Å²) in [6.45, 7) is 1.57. The zero-order valence-corrected chi connectivity index (χ0v) is 17.5. The van der Waals surface area contributed by atoms with Crippen LogP contribution in [0.4, 0.5) is 11.4 Å². The van der Waals surface area contributed by atoms with Gasteiger partial charge in [0.1, 0.15) is 5.75 Å². The Labute approximate surface area is 180 Å². The van der Waals surface area contributed by atoms with Crippen LogP contribution in [0.15, 0.2) is 78.9 Å². The van der Waals surface area contributed by atoms with Crippen molar-refractivity contribution < 1.29 is 22.7 Å². The number of carbonyl (C=O) groups is 2. The molecule has 4 rings (SSSR count). The van der Waals surface area contributed by atoms with E-state index in [0.717, 1.165) is 4.31 Å². The number of rotatable bonds is 5. The zero-order valence-electron chi connectivity index (χ0n) is 16.7. The van der Waals surface area contributed by atoms with E-state index in [0.29, 0.717) is 17.2 Å². The summed E-state index contributed by atoms with van der Waals surface area (Å²) < 4.78 is 31.4. The molecule has 0 aromatic heterocycles. The lowest BCUT2D eigenvalue weighted by Crippen LogP contribution is -2.30. The molecule has 1 atom stereocenters. The van der Waals surface area contributed by atoms with Gasteiger partial charge in [0.05, 0.1) is 23.0 Å². The number of nitrogens with zero attached hydrogens (tertiary/aromatic N) is 1. The van der Waals surface area contributed by atoms with Gasteiger partial charge in [-0.15, -0.1) is 0 Å². The Morgan fingerprint density at radius 1 is 1.00 bits per heavy atom. The van der Waals surface area contributed by atoms with Crippen molar-refractivity contribution in [2.45, 2.75) is 6.92 Å². The van der Waals surface area contributed by atoms with Crippen molar-refractivity contribution in [1.29, 1.82) is 0 Å². The molecular formula is C23H20N2O5S. The molecule has 1 aliphatic rings. The monoisotopic (exact) mass is 436 g/mol. The summed E-state index contributed by atoms with van der Waals surface area (Å²) in [4.78, 5) is 25.2. The molecule has 2 amide bonds. The number of hydrogen-bond acceptors (Lipinski definition) is 5. The maximum atomic E-state index is 12.9. The number of benzene rings is 3. The second-order valence-corrected chi connectivity index (χ2v) is 9.06. The molecule has 0 spiro atoms. The lowest BCUT2D eigenvalue weighted by Gasteiger charge is -2.16. The van der Waals surface area contributed by atoms with Gasteiger partial charge in [-0.3, -0.25) is 9.59 Å². The molecule has 1 fully saturated rings. The number of anilines is 2. The van der Waals surface area contributed by atoms with Gasteiger partial charge >= 0.3 is 0 Å². The van der Waals surface area contributed by atoms with Gasteiger partial charge in [-0.1, -0.05) is 43.3 Å². The Morgan fingerprint density at radius 3 is 2.42 bits per heavy atom. The van der Waals surface area contributed by atoms with Crippen LogP contribution in [0, 0.1) is 5.92 Å². The molecule has 31 heavy (non-hydrogen) atoms. The minimum atomic E-state index is -3.75. The van der Waals surface area contributed by atoms with Crippen molar-refractivity contribution >= 4 is 33.2 Å². The average Bonchev–Trinajstić information content (AvgIpc) is 2.96. The van der Waals surface area contributed by atoms with Gasteiger partial charge < -0.3 is 10.1 Å². The number of ether oxygens (including phenoxy) is 1. The first-order valence-electron chi connectivity index (χ1n) is 9.65.